The molecule has 2 nitrogen and oxygen atoms in total. The highest BCUT2D eigenvalue weighted by Gasteiger charge is 2.54. The molecule has 0 aliphatic heterocycles. The maximum Gasteiger partial charge on any atom is 0.367 e. The Morgan fingerprint density at radius 2 is 2.30 bits per heavy atom. The van der Waals surface area contributed by atoms with Crippen molar-refractivity contribution in [1.29, 1.82) is 0 Å². The number of allylic oxidation sites excluding steroid dienone is 1. The topological polar surface area (TPSA) is 26.3 Å². The van der Waals surface area contributed by atoms with E-state index in [1.54, 1.807) is 11.8 Å². The van der Waals surface area contributed by atoms with Crippen molar-refractivity contribution in [2.45, 2.75) is 58.5 Å². The molecule has 0 heterocycles. The number of carbonyl (C=O) groups excluding carboxylic acids is 1. The Labute approximate surface area is 126 Å². The standard InChI is InChI=1S/C17H26O2S/c1-5-17(3,19-15(18)20-4)16(2)9-11-6-12-8-13(10-16)14(12)7-11/h10-12,14H,5-9H2,1-4H3. The summed E-state index contributed by atoms with van der Waals surface area (Å²) in [6, 6.07) is 0. The summed E-state index contributed by atoms with van der Waals surface area (Å²) in [6.07, 6.45) is 10.4. The predicted molar refractivity (Wildman–Crippen MR) is 83.8 cm³/mol. The normalized spacial score (nSPS) is 41.2. The largest absolute Gasteiger partial charge is 0.450 e. The zero-order valence-electron chi connectivity index (χ0n) is 13.1. The van der Waals surface area contributed by atoms with E-state index in [4.69, 9.17) is 4.74 Å². The summed E-state index contributed by atoms with van der Waals surface area (Å²) in [5.74, 6) is 2.65. The second-order valence-corrected chi connectivity index (χ2v) is 8.13. The van der Waals surface area contributed by atoms with Crippen LogP contribution in [0.5, 0.6) is 0 Å². The summed E-state index contributed by atoms with van der Waals surface area (Å²) in [6.45, 7) is 6.59. The molecule has 0 aromatic heterocycles. The van der Waals surface area contributed by atoms with Crippen molar-refractivity contribution in [2.75, 3.05) is 6.26 Å². The van der Waals surface area contributed by atoms with Crippen LogP contribution in [0.25, 0.3) is 0 Å². The van der Waals surface area contributed by atoms with E-state index >= 15 is 0 Å². The van der Waals surface area contributed by atoms with Crippen LogP contribution < -0.4 is 0 Å². The first-order valence-corrected chi connectivity index (χ1v) is 9.12. The minimum Gasteiger partial charge on any atom is -0.450 e. The van der Waals surface area contributed by atoms with Crippen LogP contribution in [0.4, 0.5) is 4.79 Å². The van der Waals surface area contributed by atoms with Gasteiger partial charge in [-0.3, -0.25) is 0 Å². The van der Waals surface area contributed by atoms with Crippen LogP contribution in [0.3, 0.4) is 0 Å². The van der Waals surface area contributed by atoms with Gasteiger partial charge in [-0.25, -0.2) is 4.79 Å². The highest BCUT2D eigenvalue weighted by atomic mass is 32.2. The van der Waals surface area contributed by atoms with Crippen LogP contribution >= 0.6 is 11.8 Å². The minimum atomic E-state index is -0.379. The van der Waals surface area contributed by atoms with E-state index < -0.39 is 0 Å². The zero-order valence-corrected chi connectivity index (χ0v) is 13.9. The third kappa shape index (κ3) is 2.04. The van der Waals surface area contributed by atoms with Crippen LogP contribution in [-0.2, 0) is 4.74 Å². The van der Waals surface area contributed by atoms with Gasteiger partial charge in [0.1, 0.15) is 5.60 Å². The molecule has 112 valence electrons. The van der Waals surface area contributed by atoms with Gasteiger partial charge in [0.05, 0.1) is 0 Å². The number of fused-ring (bicyclic) bond motifs is 1. The highest BCUT2D eigenvalue weighted by molar-refractivity contribution is 8.12. The first-order chi connectivity index (χ1) is 9.40. The van der Waals surface area contributed by atoms with Crippen LogP contribution in [0.1, 0.15) is 52.9 Å². The molecule has 3 heteroatoms. The van der Waals surface area contributed by atoms with E-state index in [0.29, 0.717) is 0 Å². The lowest BCUT2D eigenvalue weighted by Gasteiger charge is -2.47. The smallest absolute Gasteiger partial charge is 0.367 e. The Bertz CT molecular complexity index is 458. The lowest BCUT2D eigenvalue weighted by atomic mass is 9.62. The predicted octanol–water partition coefficient (Wildman–Crippen LogP) is 5.04. The number of rotatable bonds is 3. The maximum atomic E-state index is 11.8. The molecule has 2 bridgehead atoms. The van der Waals surface area contributed by atoms with Gasteiger partial charge in [0.25, 0.3) is 0 Å². The summed E-state index contributed by atoms with van der Waals surface area (Å²) in [4.78, 5) is 11.8. The SMILES string of the molecule is CCC(C)(OC(=O)SC)C1(C)C=C2CC3CC(CC23)C1. The van der Waals surface area contributed by atoms with Gasteiger partial charge in [0, 0.05) is 5.41 Å². The molecular formula is C17H26O2S. The summed E-state index contributed by atoms with van der Waals surface area (Å²) in [5.41, 5.74) is 1.26. The molecule has 0 saturated heterocycles. The maximum absolute atomic E-state index is 11.8. The van der Waals surface area contributed by atoms with Crippen molar-refractivity contribution in [1.82, 2.24) is 0 Å². The van der Waals surface area contributed by atoms with Gasteiger partial charge in [0.15, 0.2) is 0 Å². The molecule has 0 spiro atoms. The Morgan fingerprint density at radius 3 is 2.95 bits per heavy atom. The molecular weight excluding hydrogens is 268 g/mol. The molecule has 2 saturated carbocycles. The Morgan fingerprint density at radius 1 is 1.55 bits per heavy atom. The van der Waals surface area contributed by atoms with Crippen LogP contribution in [0.2, 0.25) is 0 Å². The fourth-order valence-corrected chi connectivity index (χ4v) is 5.07. The van der Waals surface area contributed by atoms with Gasteiger partial charge in [0.2, 0.25) is 0 Å². The molecule has 3 rings (SSSR count). The van der Waals surface area contributed by atoms with Crippen LogP contribution in [0.15, 0.2) is 11.6 Å². The first-order valence-electron chi connectivity index (χ1n) is 7.89. The number of hydrogen-bond donors (Lipinski definition) is 0. The van der Waals surface area contributed by atoms with Gasteiger partial charge in [-0.15, -0.1) is 0 Å². The molecule has 0 radical (unpaired) electrons. The Kier molecular flexibility index (Phi) is 3.47. The van der Waals surface area contributed by atoms with Crippen LogP contribution in [-0.4, -0.2) is 17.2 Å². The molecule has 5 unspecified atom stereocenters. The molecule has 0 aromatic carbocycles. The number of hydrogen-bond acceptors (Lipinski definition) is 3. The van der Waals surface area contributed by atoms with E-state index in [0.717, 1.165) is 24.2 Å². The van der Waals surface area contributed by atoms with Crippen molar-refractivity contribution < 1.29 is 9.53 Å². The van der Waals surface area contributed by atoms with Gasteiger partial charge in [-0.1, -0.05) is 25.5 Å². The third-order valence-corrected chi connectivity index (χ3v) is 6.76. The molecule has 2 fully saturated rings. The van der Waals surface area contributed by atoms with Gasteiger partial charge in [-0.05, 0) is 74.8 Å². The van der Waals surface area contributed by atoms with E-state index in [1.807, 2.05) is 0 Å². The minimum absolute atomic E-state index is 0.00667. The van der Waals surface area contributed by atoms with Crippen molar-refractivity contribution in [3.63, 3.8) is 0 Å². The summed E-state index contributed by atoms with van der Waals surface area (Å²) in [7, 11) is 0. The second-order valence-electron chi connectivity index (χ2n) is 7.39. The van der Waals surface area contributed by atoms with Crippen molar-refractivity contribution in [2.24, 2.45) is 23.2 Å². The van der Waals surface area contributed by atoms with E-state index in [1.165, 1.54) is 37.4 Å². The van der Waals surface area contributed by atoms with Gasteiger partial charge >= 0.3 is 5.30 Å². The zero-order chi connectivity index (χ0) is 14.5. The Balaban J connectivity index is 1.91. The van der Waals surface area contributed by atoms with Crippen molar-refractivity contribution in [3.05, 3.63) is 11.6 Å². The molecule has 0 amide bonds. The molecule has 3 aliphatic carbocycles. The monoisotopic (exact) mass is 294 g/mol. The summed E-state index contributed by atoms with van der Waals surface area (Å²) >= 11 is 1.18. The number of ether oxygens (including phenoxy) is 1. The summed E-state index contributed by atoms with van der Waals surface area (Å²) < 4.78 is 5.89. The molecule has 0 aromatic rings. The van der Waals surface area contributed by atoms with Gasteiger partial charge < -0.3 is 4.74 Å². The fraction of sp³-hybridized carbons (Fsp3) is 0.824. The van der Waals surface area contributed by atoms with E-state index in [9.17, 15) is 4.79 Å². The number of thioether (sulfide) groups is 1. The lowest BCUT2D eigenvalue weighted by molar-refractivity contribution is -0.0505. The molecule has 3 aliphatic rings. The van der Waals surface area contributed by atoms with Gasteiger partial charge in [-0.2, -0.15) is 0 Å². The third-order valence-electron chi connectivity index (χ3n) is 6.34. The lowest BCUT2D eigenvalue weighted by Crippen LogP contribution is -2.47. The highest BCUT2D eigenvalue weighted by Crippen LogP contribution is 2.61. The van der Waals surface area contributed by atoms with E-state index in [2.05, 4.69) is 26.8 Å². The van der Waals surface area contributed by atoms with E-state index in [-0.39, 0.29) is 16.3 Å². The fourth-order valence-electron chi connectivity index (χ4n) is 4.80. The molecule has 20 heavy (non-hydrogen) atoms. The first kappa shape index (κ1) is 14.5. The van der Waals surface area contributed by atoms with Crippen molar-refractivity contribution >= 4 is 17.1 Å². The summed E-state index contributed by atoms with van der Waals surface area (Å²) in [5, 5.41) is -0.144. The average Bonchev–Trinajstić information content (AvgIpc) is 2.64. The van der Waals surface area contributed by atoms with Crippen LogP contribution in [0, 0.1) is 23.2 Å². The quantitative estimate of drug-likeness (QED) is 0.539. The Hall–Kier alpha value is -0.440. The second kappa shape index (κ2) is 4.79. The molecule has 0 N–H and O–H groups in total. The average molecular weight is 294 g/mol. The van der Waals surface area contributed by atoms with Crippen molar-refractivity contribution in [3.8, 4) is 0 Å². The number of carbonyl (C=O) groups is 1. The molecule has 5 atom stereocenters.